The molecule has 2 heterocycles. The van der Waals surface area contributed by atoms with Crippen LogP contribution in [-0.4, -0.2) is 32.4 Å². The molecule has 0 radical (unpaired) electrons. The minimum Gasteiger partial charge on any atom is -0.368 e. The number of amides is 1. The lowest BCUT2D eigenvalue weighted by Gasteiger charge is -2.43. The second-order valence-electron chi connectivity index (χ2n) is 7.51. The molecule has 4 rings (SSSR count). The van der Waals surface area contributed by atoms with E-state index in [1.54, 1.807) is 13.1 Å². The quantitative estimate of drug-likeness (QED) is 0.689. The van der Waals surface area contributed by atoms with Gasteiger partial charge in [-0.25, -0.2) is 0 Å². The van der Waals surface area contributed by atoms with Gasteiger partial charge >= 0.3 is 0 Å². The predicted molar refractivity (Wildman–Crippen MR) is 108 cm³/mol. The summed E-state index contributed by atoms with van der Waals surface area (Å²) in [6.07, 6.45) is 3.61. The number of nitrogens with two attached hydrogens (primary N) is 1. The number of nitrogens with zero attached hydrogens (tertiary/aromatic N) is 4. The number of rotatable bonds is 6. The Morgan fingerprint density at radius 3 is 2.54 bits per heavy atom. The van der Waals surface area contributed by atoms with Crippen LogP contribution in [0.3, 0.4) is 0 Å². The number of primary amides is 1. The predicted octanol–water partition coefficient (Wildman–Crippen LogP) is 2.82. The van der Waals surface area contributed by atoms with Crippen LogP contribution in [0.4, 0.5) is 5.82 Å². The van der Waals surface area contributed by atoms with E-state index < -0.39 is 5.91 Å². The molecule has 3 N–H and O–H groups in total. The summed E-state index contributed by atoms with van der Waals surface area (Å²) in [5, 5.41) is 16.3. The topological polar surface area (TPSA) is 98.7 Å². The smallest absolute Gasteiger partial charge is 0.266 e. The summed E-state index contributed by atoms with van der Waals surface area (Å²) in [6.45, 7) is 3.01. The SMILES string of the molecule is Cc1ccccc1C1(CNc2ccc(-c3cc(C(N)=O)n(C)n3)nn2)CCC1. The first-order chi connectivity index (χ1) is 13.5. The molecule has 0 saturated heterocycles. The highest BCUT2D eigenvalue weighted by Crippen LogP contribution is 2.44. The number of carbonyl (C=O) groups is 1. The fourth-order valence-corrected chi connectivity index (χ4v) is 3.96. The second kappa shape index (κ2) is 7.07. The minimum atomic E-state index is -0.519. The maximum Gasteiger partial charge on any atom is 0.266 e. The van der Waals surface area contributed by atoms with Crippen molar-refractivity contribution in [1.29, 1.82) is 0 Å². The van der Waals surface area contributed by atoms with Gasteiger partial charge in [0.2, 0.25) is 0 Å². The van der Waals surface area contributed by atoms with Gasteiger partial charge in [0.1, 0.15) is 22.9 Å². The van der Waals surface area contributed by atoms with Gasteiger partial charge in [0.05, 0.1) is 0 Å². The third kappa shape index (κ3) is 3.24. The van der Waals surface area contributed by atoms with Gasteiger partial charge in [-0.1, -0.05) is 30.7 Å². The van der Waals surface area contributed by atoms with Crippen molar-refractivity contribution in [2.24, 2.45) is 12.8 Å². The van der Waals surface area contributed by atoms with Gasteiger partial charge in [-0.3, -0.25) is 9.48 Å². The van der Waals surface area contributed by atoms with Crippen molar-refractivity contribution < 1.29 is 4.79 Å². The Balaban J connectivity index is 1.48. The Labute approximate surface area is 164 Å². The molecule has 28 heavy (non-hydrogen) atoms. The summed E-state index contributed by atoms with van der Waals surface area (Å²) in [4.78, 5) is 11.4. The maximum atomic E-state index is 11.4. The van der Waals surface area contributed by atoms with Crippen LogP contribution in [0, 0.1) is 6.92 Å². The van der Waals surface area contributed by atoms with Crippen molar-refractivity contribution in [2.45, 2.75) is 31.6 Å². The van der Waals surface area contributed by atoms with Crippen LogP contribution in [0.25, 0.3) is 11.4 Å². The molecule has 1 saturated carbocycles. The number of anilines is 1. The van der Waals surface area contributed by atoms with Gasteiger partial charge in [-0.2, -0.15) is 5.10 Å². The largest absolute Gasteiger partial charge is 0.368 e. The number of nitrogens with one attached hydrogen (secondary N) is 1. The van der Waals surface area contributed by atoms with Crippen molar-refractivity contribution in [3.05, 3.63) is 59.3 Å². The fraction of sp³-hybridized carbons (Fsp3) is 0.333. The zero-order chi connectivity index (χ0) is 19.7. The van der Waals surface area contributed by atoms with Crippen molar-refractivity contribution in [3.63, 3.8) is 0 Å². The molecular weight excluding hydrogens is 352 g/mol. The van der Waals surface area contributed by atoms with Crippen molar-refractivity contribution >= 4 is 11.7 Å². The first kappa shape index (κ1) is 18.2. The van der Waals surface area contributed by atoms with Crippen LogP contribution in [0.2, 0.25) is 0 Å². The monoisotopic (exact) mass is 376 g/mol. The number of hydrogen-bond donors (Lipinski definition) is 2. The van der Waals surface area contributed by atoms with Crippen molar-refractivity contribution in [1.82, 2.24) is 20.0 Å². The first-order valence-corrected chi connectivity index (χ1v) is 9.46. The van der Waals surface area contributed by atoms with Gasteiger partial charge in [-0.15, -0.1) is 10.2 Å². The van der Waals surface area contributed by atoms with E-state index in [1.165, 1.54) is 35.1 Å². The lowest BCUT2D eigenvalue weighted by Crippen LogP contribution is -2.41. The molecule has 2 aromatic heterocycles. The zero-order valence-corrected chi connectivity index (χ0v) is 16.1. The number of benzene rings is 1. The molecular formula is C21H24N6O. The summed E-state index contributed by atoms with van der Waals surface area (Å²) < 4.78 is 1.45. The summed E-state index contributed by atoms with van der Waals surface area (Å²) >= 11 is 0. The van der Waals surface area contributed by atoms with Gasteiger partial charge < -0.3 is 11.1 Å². The van der Waals surface area contributed by atoms with Crippen LogP contribution in [-0.2, 0) is 12.5 Å². The Hall–Kier alpha value is -3.22. The molecule has 7 heteroatoms. The number of aromatic nitrogens is 4. The molecule has 0 unspecified atom stereocenters. The van der Waals surface area contributed by atoms with Crippen LogP contribution in [0.1, 0.15) is 40.9 Å². The average molecular weight is 376 g/mol. The summed E-state index contributed by atoms with van der Waals surface area (Å²) in [5.74, 6) is 0.212. The Morgan fingerprint density at radius 2 is 1.96 bits per heavy atom. The van der Waals surface area contributed by atoms with E-state index in [0.29, 0.717) is 17.1 Å². The molecule has 3 aromatic rings. The van der Waals surface area contributed by atoms with Crippen LogP contribution >= 0.6 is 0 Å². The van der Waals surface area contributed by atoms with Crippen LogP contribution in [0.15, 0.2) is 42.5 Å². The third-order valence-electron chi connectivity index (χ3n) is 5.69. The lowest BCUT2D eigenvalue weighted by atomic mass is 9.63. The Bertz CT molecular complexity index is 1000. The first-order valence-electron chi connectivity index (χ1n) is 9.46. The summed E-state index contributed by atoms with van der Waals surface area (Å²) in [5.41, 5.74) is 9.79. The minimum absolute atomic E-state index is 0.170. The molecule has 7 nitrogen and oxygen atoms in total. The number of aryl methyl sites for hydroxylation is 2. The van der Waals surface area contributed by atoms with Crippen molar-refractivity contribution in [2.75, 3.05) is 11.9 Å². The third-order valence-corrected chi connectivity index (χ3v) is 5.69. The molecule has 1 aromatic carbocycles. The standard InChI is InChI=1S/C21H24N6O/c1-14-6-3-4-7-15(14)21(10-5-11-21)13-23-19-9-8-16(24-25-19)17-12-18(20(22)28)27(2)26-17/h3-4,6-9,12H,5,10-11,13H2,1-2H3,(H2,22,28)(H,23,25). The highest BCUT2D eigenvalue weighted by atomic mass is 16.1. The molecule has 0 spiro atoms. The molecule has 144 valence electrons. The van der Waals surface area contributed by atoms with E-state index in [4.69, 9.17) is 5.73 Å². The van der Waals surface area contributed by atoms with E-state index in [2.05, 4.69) is 51.8 Å². The highest BCUT2D eigenvalue weighted by Gasteiger charge is 2.39. The summed E-state index contributed by atoms with van der Waals surface area (Å²) in [7, 11) is 1.68. The molecule has 1 aliphatic carbocycles. The summed E-state index contributed by atoms with van der Waals surface area (Å²) in [6, 6.07) is 14.0. The Kier molecular flexibility index (Phi) is 4.58. The van der Waals surface area contributed by atoms with E-state index >= 15 is 0 Å². The van der Waals surface area contributed by atoms with E-state index in [-0.39, 0.29) is 5.41 Å². The van der Waals surface area contributed by atoms with Crippen molar-refractivity contribution in [3.8, 4) is 11.4 Å². The Morgan fingerprint density at radius 1 is 1.18 bits per heavy atom. The molecule has 0 atom stereocenters. The highest BCUT2D eigenvalue weighted by molar-refractivity contribution is 5.92. The number of carbonyl (C=O) groups excluding carboxylic acids is 1. The fourth-order valence-electron chi connectivity index (χ4n) is 3.96. The van der Waals surface area contributed by atoms with E-state index in [1.807, 2.05) is 12.1 Å². The molecule has 1 aliphatic rings. The molecule has 0 aliphatic heterocycles. The second-order valence-corrected chi connectivity index (χ2v) is 7.51. The van der Waals surface area contributed by atoms with E-state index in [9.17, 15) is 4.79 Å². The average Bonchev–Trinajstić information content (AvgIpc) is 3.05. The van der Waals surface area contributed by atoms with Crippen LogP contribution < -0.4 is 11.1 Å². The lowest BCUT2D eigenvalue weighted by molar-refractivity contribution is 0.0991. The number of hydrogen-bond acceptors (Lipinski definition) is 5. The normalized spacial score (nSPS) is 15.1. The van der Waals surface area contributed by atoms with Gasteiger partial charge in [0, 0.05) is 19.0 Å². The van der Waals surface area contributed by atoms with Gasteiger partial charge in [-0.05, 0) is 49.1 Å². The molecule has 0 bridgehead atoms. The molecule has 1 fully saturated rings. The van der Waals surface area contributed by atoms with E-state index in [0.717, 1.165) is 12.4 Å². The van der Waals surface area contributed by atoms with Crippen LogP contribution in [0.5, 0.6) is 0 Å². The zero-order valence-electron chi connectivity index (χ0n) is 16.1. The van der Waals surface area contributed by atoms with Gasteiger partial charge in [0.25, 0.3) is 5.91 Å². The van der Waals surface area contributed by atoms with Gasteiger partial charge in [0.15, 0.2) is 0 Å². The molecule has 1 amide bonds. The maximum absolute atomic E-state index is 11.4.